The molecule has 2 N–H and O–H groups in total. The third kappa shape index (κ3) is 6.65. The van der Waals surface area contributed by atoms with Crippen LogP contribution in [0.15, 0.2) is 15.5 Å². The average molecular weight is 425 g/mol. The first-order valence-electron chi connectivity index (χ1n) is 6.82. The summed E-state index contributed by atoms with van der Waals surface area (Å²) in [5.74, 6) is 1.42. The van der Waals surface area contributed by atoms with E-state index in [1.54, 1.807) is 20.0 Å². The summed E-state index contributed by atoms with van der Waals surface area (Å²) in [5, 5.41) is 6.21. The number of nitrogens with zero attached hydrogens (tertiary/aromatic N) is 1. The van der Waals surface area contributed by atoms with Crippen molar-refractivity contribution in [1.29, 1.82) is 0 Å². The maximum Gasteiger partial charge on any atom is 0.341 e. The number of hydrogen-bond acceptors (Lipinski definition) is 5. The first-order chi connectivity index (χ1) is 10.1. The normalized spacial score (nSPS) is 10.8. The second-order valence-electron chi connectivity index (χ2n) is 4.22. The third-order valence-corrected chi connectivity index (χ3v) is 2.77. The van der Waals surface area contributed by atoms with Crippen LogP contribution in [0.25, 0.3) is 0 Å². The molecule has 0 atom stereocenters. The van der Waals surface area contributed by atoms with Crippen LogP contribution >= 0.6 is 24.0 Å². The van der Waals surface area contributed by atoms with E-state index in [1.807, 2.05) is 6.92 Å². The Morgan fingerprint density at radius 3 is 2.73 bits per heavy atom. The van der Waals surface area contributed by atoms with Crippen LogP contribution in [0.4, 0.5) is 0 Å². The predicted octanol–water partition coefficient (Wildman–Crippen LogP) is 1.69. The van der Waals surface area contributed by atoms with Gasteiger partial charge in [0.2, 0.25) is 0 Å². The van der Waals surface area contributed by atoms with Crippen LogP contribution in [0.2, 0.25) is 0 Å². The van der Waals surface area contributed by atoms with E-state index in [-0.39, 0.29) is 24.0 Å². The summed E-state index contributed by atoms with van der Waals surface area (Å²) >= 11 is 0. The molecule has 0 spiro atoms. The van der Waals surface area contributed by atoms with Crippen LogP contribution in [0.5, 0.6) is 0 Å². The molecule has 0 saturated carbocycles. The van der Waals surface area contributed by atoms with Gasteiger partial charge in [-0.2, -0.15) is 0 Å². The number of rotatable bonds is 7. The van der Waals surface area contributed by atoms with Crippen LogP contribution in [0, 0.1) is 6.92 Å². The van der Waals surface area contributed by atoms with E-state index in [9.17, 15) is 4.79 Å². The summed E-state index contributed by atoms with van der Waals surface area (Å²) in [6.45, 7) is 6.07. The van der Waals surface area contributed by atoms with Gasteiger partial charge in [-0.3, -0.25) is 4.99 Å². The summed E-state index contributed by atoms with van der Waals surface area (Å²) < 4.78 is 15.4. The summed E-state index contributed by atoms with van der Waals surface area (Å²) in [6, 6.07) is 1.67. The lowest BCUT2D eigenvalue weighted by molar-refractivity contribution is 0.0599. The van der Waals surface area contributed by atoms with Crippen molar-refractivity contribution in [2.45, 2.75) is 20.4 Å². The highest BCUT2D eigenvalue weighted by atomic mass is 127. The van der Waals surface area contributed by atoms with Gasteiger partial charge in [-0.05, 0) is 19.9 Å². The molecule has 0 radical (unpaired) electrons. The van der Waals surface area contributed by atoms with E-state index >= 15 is 0 Å². The van der Waals surface area contributed by atoms with Gasteiger partial charge < -0.3 is 24.5 Å². The minimum absolute atomic E-state index is 0. The molecule has 1 aromatic rings. The quantitative estimate of drug-likeness (QED) is 0.228. The topological polar surface area (TPSA) is 85.1 Å². The Bertz CT molecular complexity index is 488. The van der Waals surface area contributed by atoms with Crippen molar-refractivity contribution in [3.63, 3.8) is 0 Å². The van der Waals surface area contributed by atoms with Gasteiger partial charge in [0.1, 0.15) is 17.1 Å². The first-order valence-corrected chi connectivity index (χ1v) is 6.82. The highest BCUT2D eigenvalue weighted by molar-refractivity contribution is 14.0. The molecule has 0 aliphatic rings. The number of methoxy groups -OCH3 is 1. The van der Waals surface area contributed by atoms with Gasteiger partial charge in [0.25, 0.3) is 0 Å². The van der Waals surface area contributed by atoms with E-state index in [4.69, 9.17) is 9.15 Å². The molecule has 22 heavy (non-hydrogen) atoms. The van der Waals surface area contributed by atoms with Gasteiger partial charge in [0, 0.05) is 20.2 Å². The molecule has 7 nitrogen and oxygen atoms in total. The monoisotopic (exact) mass is 425 g/mol. The Morgan fingerprint density at radius 2 is 2.14 bits per heavy atom. The van der Waals surface area contributed by atoms with Crippen LogP contribution < -0.4 is 10.6 Å². The number of hydrogen-bond donors (Lipinski definition) is 2. The standard InChI is InChI=1S/C14H23N3O4.HI/c1-5-20-7-6-16-14(15-3)17-9-11-8-12(10(2)21-11)13(18)19-4;/h8H,5-7,9H2,1-4H3,(H2,15,16,17);1H. The van der Waals surface area contributed by atoms with Crippen molar-refractivity contribution in [3.8, 4) is 0 Å². The highest BCUT2D eigenvalue weighted by Gasteiger charge is 2.15. The van der Waals surface area contributed by atoms with Gasteiger partial charge in [0.05, 0.1) is 20.3 Å². The van der Waals surface area contributed by atoms with Crippen LogP contribution in [0.3, 0.4) is 0 Å². The number of esters is 1. The van der Waals surface area contributed by atoms with E-state index in [0.29, 0.717) is 49.3 Å². The molecule has 1 rings (SSSR count). The number of furan rings is 1. The van der Waals surface area contributed by atoms with Crippen molar-refractivity contribution in [2.75, 3.05) is 33.9 Å². The van der Waals surface area contributed by atoms with Crippen molar-refractivity contribution in [2.24, 2.45) is 4.99 Å². The molecule has 0 aromatic carbocycles. The second kappa shape index (κ2) is 11.3. The number of aliphatic imine (C=N–C) groups is 1. The van der Waals surface area contributed by atoms with Crippen LogP contribution in [-0.2, 0) is 16.0 Å². The lowest BCUT2D eigenvalue weighted by atomic mass is 10.2. The molecule has 0 saturated heterocycles. The molecule has 0 aliphatic carbocycles. The van der Waals surface area contributed by atoms with Gasteiger partial charge >= 0.3 is 5.97 Å². The Kier molecular flexibility index (Phi) is 10.6. The molecule has 0 aliphatic heterocycles. The zero-order chi connectivity index (χ0) is 15.7. The van der Waals surface area contributed by atoms with Crippen LogP contribution in [0.1, 0.15) is 28.8 Å². The minimum atomic E-state index is -0.401. The molecule has 8 heteroatoms. The Balaban J connectivity index is 0.00000441. The fraction of sp³-hybridized carbons (Fsp3) is 0.571. The van der Waals surface area contributed by atoms with Gasteiger partial charge in [-0.1, -0.05) is 0 Å². The predicted molar refractivity (Wildman–Crippen MR) is 94.9 cm³/mol. The summed E-state index contributed by atoms with van der Waals surface area (Å²) in [7, 11) is 3.03. The number of carbonyl (C=O) groups is 1. The number of nitrogens with one attached hydrogen (secondary N) is 2. The molecule has 1 heterocycles. The summed E-state index contributed by atoms with van der Waals surface area (Å²) in [5.41, 5.74) is 0.439. The number of aryl methyl sites for hydroxylation is 1. The van der Waals surface area contributed by atoms with E-state index in [0.717, 1.165) is 0 Å². The Hall–Kier alpha value is -1.29. The van der Waals surface area contributed by atoms with E-state index in [1.165, 1.54) is 7.11 Å². The van der Waals surface area contributed by atoms with Crippen LogP contribution in [-0.4, -0.2) is 45.8 Å². The smallest absolute Gasteiger partial charge is 0.341 e. The highest BCUT2D eigenvalue weighted by Crippen LogP contribution is 2.15. The minimum Gasteiger partial charge on any atom is -0.465 e. The SMILES string of the molecule is CCOCCNC(=NC)NCc1cc(C(=O)OC)c(C)o1.I. The first kappa shape index (κ1) is 20.7. The van der Waals surface area contributed by atoms with Gasteiger partial charge in [0.15, 0.2) is 5.96 Å². The molecule has 1 aromatic heterocycles. The molecular formula is C14H24IN3O4. The lowest BCUT2D eigenvalue weighted by Crippen LogP contribution is -2.38. The number of guanidine groups is 1. The second-order valence-corrected chi connectivity index (χ2v) is 4.22. The fourth-order valence-corrected chi connectivity index (χ4v) is 1.72. The Labute approximate surface area is 147 Å². The number of ether oxygens (including phenoxy) is 2. The molecule has 126 valence electrons. The van der Waals surface area contributed by atoms with Crippen molar-refractivity contribution in [3.05, 3.63) is 23.2 Å². The molecule has 0 amide bonds. The third-order valence-electron chi connectivity index (χ3n) is 2.77. The number of carbonyl (C=O) groups excluding carboxylic acids is 1. The zero-order valence-electron chi connectivity index (χ0n) is 13.4. The average Bonchev–Trinajstić information content (AvgIpc) is 2.86. The Morgan fingerprint density at radius 1 is 1.41 bits per heavy atom. The van der Waals surface area contributed by atoms with Crippen molar-refractivity contribution < 1.29 is 18.7 Å². The molecule has 0 fully saturated rings. The summed E-state index contributed by atoms with van der Waals surface area (Å²) in [6.07, 6.45) is 0. The fourth-order valence-electron chi connectivity index (χ4n) is 1.72. The summed E-state index contributed by atoms with van der Waals surface area (Å²) in [4.78, 5) is 15.6. The van der Waals surface area contributed by atoms with Gasteiger partial charge in [-0.25, -0.2) is 4.79 Å². The number of halogens is 1. The van der Waals surface area contributed by atoms with Crippen molar-refractivity contribution >= 4 is 35.9 Å². The molecule has 0 unspecified atom stereocenters. The van der Waals surface area contributed by atoms with Crippen molar-refractivity contribution in [1.82, 2.24) is 10.6 Å². The largest absolute Gasteiger partial charge is 0.465 e. The van der Waals surface area contributed by atoms with E-state index in [2.05, 4.69) is 20.4 Å². The maximum atomic E-state index is 11.5. The molecule has 0 bridgehead atoms. The maximum absolute atomic E-state index is 11.5. The lowest BCUT2D eigenvalue weighted by Gasteiger charge is -2.10. The zero-order valence-corrected chi connectivity index (χ0v) is 15.7. The molecular weight excluding hydrogens is 401 g/mol. The van der Waals surface area contributed by atoms with E-state index < -0.39 is 5.97 Å². The van der Waals surface area contributed by atoms with Gasteiger partial charge in [-0.15, -0.1) is 24.0 Å².